The van der Waals surface area contributed by atoms with Crippen molar-refractivity contribution in [3.63, 3.8) is 0 Å². The lowest BCUT2D eigenvalue weighted by Crippen LogP contribution is -2.39. The minimum absolute atomic E-state index is 0.0612. The van der Waals surface area contributed by atoms with Crippen molar-refractivity contribution < 1.29 is 14.3 Å². The number of benzene rings is 1. The summed E-state index contributed by atoms with van der Waals surface area (Å²) in [6.45, 7) is 4.15. The molecule has 2 atom stereocenters. The van der Waals surface area contributed by atoms with Gasteiger partial charge in [0.25, 0.3) is 0 Å². The van der Waals surface area contributed by atoms with Crippen molar-refractivity contribution in [2.75, 3.05) is 14.2 Å². The normalized spacial score (nSPS) is 13.6. The molecule has 1 aromatic rings. The van der Waals surface area contributed by atoms with Crippen LogP contribution in [-0.4, -0.2) is 26.2 Å². The number of hydrogen-bond donors (Lipinski definition) is 1. The Bertz CT molecular complexity index is 420. The molecule has 0 aliphatic rings. The lowest BCUT2D eigenvalue weighted by molar-refractivity contribution is -0.143. The third-order valence-corrected chi connectivity index (χ3v) is 3.38. The number of rotatable bonds is 8. The van der Waals surface area contributed by atoms with Gasteiger partial charge in [0.15, 0.2) is 0 Å². The van der Waals surface area contributed by atoms with E-state index in [0.717, 1.165) is 30.6 Å². The molecule has 4 heteroatoms. The minimum atomic E-state index is -0.263. The summed E-state index contributed by atoms with van der Waals surface area (Å²) >= 11 is 0. The summed E-state index contributed by atoms with van der Waals surface area (Å²) in [6, 6.07) is 7.66. The third kappa shape index (κ3) is 4.85. The molecule has 0 heterocycles. The van der Waals surface area contributed by atoms with Gasteiger partial charge in [-0.3, -0.25) is 10.1 Å². The van der Waals surface area contributed by atoms with E-state index in [4.69, 9.17) is 9.47 Å². The highest BCUT2D eigenvalue weighted by Crippen LogP contribution is 2.20. The number of esters is 1. The summed E-state index contributed by atoms with van der Waals surface area (Å²) < 4.78 is 10.1. The van der Waals surface area contributed by atoms with Crippen LogP contribution >= 0.6 is 0 Å². The zero-order chi connectivity index (χ0) is 15.0. The first-order chi connectivity index (χ1) is 9.62. The molecule has 1 unspecified atom stereocenters. The van der Waals surface area contributed by atoms with Crippen molar-refractivity contribution >= 4 is 5.97 Å². The topological polar surface area (TPSA) is 47.6 Å². The fourth-order valence-electron chi connectivity index (χ4n) is 2.13. The Morgan fingerprint density at radius 1 is 1.35 bits per heavy atom. The van der Waals surface area contributed by atoms with Crippen LogP contribution in [0.15, 0.2) is 24.3 Å². The number of carbonyl (C=O) groups is 1. The zero-order valence-electron chi connectivity index (χ0n) is 12.8. The molecule has 20 heavy (non-hydrogen) atoms. The highest BCUT2D eigenvalue weighted by atomic mass is 16.5. The van der Waals surface area contributed by atoms with Crippen molar-refractivity contribution in [2.24, 2.45) is 0 Å². The molecule has 0 saturated carbocycles. The van der Waals surface area contributed by atoms with Crippen LogP contribution in [0.3, 0.4) is 0 Å². The van der Waals surface area contributed by atoms with Gasteiger partial charge in [-0.05, 0) is 31.0 Å². The minimum Gasteiger partial charge on any atom is -0.497 e. The van der Waals surface area contributed by atoms with Crippen LogP contribution in [0.2, 0.25) is 0 Å². The quantitative estimate of drug-likeness (QED) is 0.743. The van der Waals surface area contributed by atoms with E-state index in [1.807, 2.05) is 31.2 Å². The second-order valence-corrected chi connectivity index (χ2v) is 4.88. The van der Waals surface area contributed by atoms with Crippen LogP contribution in [0.5, 0.6) is 5.75 Å². The van der Waals surface area contributed by atoms with Gasteiger partial charge in [0.1, 0.15) is 11.8 Å². The van der Waals surface area contributed by atoms with E-state index < -0.39 is 0 Å². The van der Waals surface area contributed by atoms with E-state index in [1.54, 1.807) is 7.11 Å². The molecule has 0 saturated heterocycles. The van der Waals surface area contributed by atoms with Gasteiger partial charge in [0, 0.05) is 6.04 Å². The number of nitrogens with one attached hydrogen (secondary N) is 1. The molecular formula is C16H25NO3. The van der Waals surface area contributed by atoms with Crippen molar-refractivity contribution in [1.29, 1.82) is 0 Å². The number of unbranched alkanes of at least 4 members (excludes halogenated alkanes) is 1. The third-order valence-electron chi connectivity index (χ3n) is 3.38. The molecule has 112 valence electrons. The lowest BCUT2D eigenvalue weighted by Gasteiger charge is -2.22. The standard InChI is InChI=1S/C16H25NO3/c1-5-6-10-15(16(18)20-4)17-12(2)13-8-7-9-14(11-13)19-3/h7-9,11-12,15,17H,5-6,10H2,1-4H3/t12-,15?/m1/s1. The van der Waals surface area contributed by atoms with Gasteiger partial charge in [-0.1, -0.05) is 31.9 Å². The Hall–Kier alpha value is -1.55. The van der Waals surface area contributed by atoms with E-state index in [2.05, 4.69) is 12.2 Å². The molecule has 0 aliphatic heterocycles. The van der Waals surface area contributed by atoms with E-state index >= 15 is 0 Å². The molecule has 0 aromatic heterocycles. The predicted octanol–water partition coefficient (Wildman–Crippen LogP) is 3.08. The molecule has 0 bridgehead atoms. The molecule has 1 N–H and O–H groups in total. The summed E-state index contributed by atoms with van der Waals surface area (Å²) in [7, 11) is 3.08. The number of carbonyl (C=O) groups excluding carboxylic acids is 1. The Balaban J connectivity index is 2.73. The Morgan fingerprint density at radius 2 is 2.10 bits per heavy atom. The monoisotopic (exact) mass is 279 g/mol. The van der Waals surface area contributed by atoms with Crippen LogP contribution in [0, 0.1) is 0 Å². The second kappa shape index (κ2) is 8.59. The maximum atomic E-state index is 11.8. The predicted molar refractivity (Wildman–Crippen MR) is 79.9 cm³/mol. The lowest BCUT2D eigenvalue weighted by atomic mass is 10.0. The molecule has 1 rings (SSSR count). The summed E-state index contributed by atoms with van der Waals surface area (Å²) in [5, 5.41) is 3.34. The number of hydrogen-bond acceptors (Lipinski definition) is 4. The van der Waals surface area contributed by atoms with Gasteiger partial charge >= 0.3 is 5.97 Å². The van der Waals surface area contributed by atoms with Crippen molar-refractivity contribution in [2.45, 2.75) is 45.2 Å². The fraction of sp³-hybridized carbons (Fsp3) is 0.562. The van der Waals surface area contributed by atoms with Gasteiger partial charge in [-0.15, -0.1) is 0 Å². The van der Waals surface area contributed by atoms with Gasteiger partial charge in [0.2, 0.25) is 0 Å². The highest BCUT2D eigenvalue weighted by Gasteiger charge is 2.21. The fourth-order valence-corrected chi connectivity index (χ4v) is 2.13. The van der Waals surface area contributed by atoms with Crippen LogP contribution in [-0.2, 0) is 9.53 Å². The summed E-state index contributed by atoms with van der Waals surface area (Å²) in [6.07, 6.45) is 2.85. The molecular weight excluding hydrogens is 254 g/mol. The van der Waals surface area contributed by atoms with Crippen LogP contribution in [0.25, 0.3) is 0 Å². The van der Waals surface area contributed by atoms with E-state index in [0.29, 0.717) is 0 Å². The molecule has 0 fully saturated rings. The Kier molecular flexibility index (Phi) is 7.09. The van der Waals surface area contributed by atoms with E-state index in [1.165, 1.54) is 7.11 Å². The van der Waals surface area contributed by atoms with E-state index in [9.17, 15) is 4.79 Å². The first-order valence-corrected chi connectivity index (χ1v) is 7.10. The Labute approximate surface area is 121 Å². The molecule has 0 amide bonds. The highest BCUT2D eigenvalue weighted by molar-refractivity contribution is 5.75. The largest absolute Gasteiger partial charge is 0.497 e. The average Bonchev–Trinajstić information content (AvgIpc) is 2.50. The maximum Gasteiger partial charge on any atom is 0.322 e. The van der Waals surface area contributed by atoms with Crippen LogP contribution in [0.4, 0.5) is 0 Å². The van der Waals surface area contributed by atoms with Crippen molar-refractivity contribution in [3.8, 4) is 5.75 Å². The SMILES string of the molecule is CCCCC(N[C@H](C)c1cccc(OC)c1)C(=O)OC. The molecule has 1 aromatic carbocycles. The smallest absolute Gasteiger partial charge is 0.322 e. The maximum absolute atomic E-state index is 11.8. The number of methoxy groups -OCH3 is 2. The summed E-state index contributed by atoms with van der Waals surface area (Å²) in [5.41, 5.74) is 1.09. The van der Waals surface area contributed by atoms with Gasteiger partial charge < -0.3 is 9.47 Å². The van der Waals surface area contributed by atoms with Gasteiger partial charge in [-0.25, -0.2) is 0 Å². The van der Waals surface area contributed by atoms with Crippen LogP contribution in [0.1, 0.15) is 44.7 Å². The molecule has 0 spiro atoms. The zero-order valence-corrected chi connectivity index (χ0v) is 12.8. The van der Waals surface area contributed by atoms with Gasteiger partial charge in [-0.2, -0.15) is 0 Å². The molecule has 4 nitrogen and oxygen atoms in total. The first-order valence-electron chi connectivity index (χ1n) is 7.10. The first kappa shape index (κ1) is 16.5. The summed E-state index contributed by atoms with van der Waals surface area (Å²) in [4.78, 5) is 11.8. The van der Waals surface area contributed by atoms with Crippen molar-refractivity contribution in [1.82, 2.24) is 5.32 Å². The Morgan fingerprint density at radius 3 is 2.70 bits per heavy atom. The number of ether oxygens (including phenoxy) is 2. The van der Waals surface area contributed by atoms with E-state index in [-0.39, 0.29) is 18.1 Å². The average molecular weight is 279 g/mol. The van der Waals surface area contributed by atoms with Gasteiger partial charge in [0.05, 0.1) is 14.2 Å². The second-order valence-electron chi connectivity index (χ2n) is 4.88. The molecule has 0 aliphatic carbocycles. The van der Waals surface area contributed by atoms with Crippen molar-refractivity contribution in [3.05, 3.63) is 29.8 Å². The van der Waals surface area contributed by atoms with Crippen LogP contribution < -0.4 is 10.1 Å². The summed E-state index contributed by atoms with van der Waals surface area (Å²) in [5.74, 6) is 0.618. The molecule has 0 radical (unpaired) electrons.